The molecule has 0 aromatic carbocycles. The Labute approximate surface area is 255 Å². The van der Waals surface area contributed by atoms with E-state index in [1.807, 2.05) is 27.7 Å². The zero-order valence-corrected chi connectivity index (χ0v) is 27.6. The number of carbonyl (C=O) groups excluding carboxylic acids is 3. The number of likely N-dealkylation sites (tertiary alicyclic amines) is 1. The molecular formula is C32H51BrN2O6. The maximum atomic E-state index is 14.9. The Morgan fingerprint density at radius 3 is 2.44 bits per heavy atom. The van der Waals surface area contributed by atoms with E-state index in [-0.39, 0.29) is 41.2 Å². The molecule has 41 heavy (non-hydrogen) atoms. The second kappa shape index (κ2) is 12.9. The van der Waals surface area contributed by atoms with Crippen LogP contribution in [0.3, 0.4) is 0 Å². The standard InChI is InChI=1S/C32H51BrN2O6/c1-10-12-13-15-40-29(39)23-24-27(37)35(21(18-36)16-20(3)4)26(32(24)17-22(33)25(23)41-32)28(38)34(14-11-2)31(8,9)19-30(5,6)7/h10-11,20-26,36H,1-2,12-19H2,3-9H3/t21-,22?,23-,24+,25-,26?,32?/m1/s1. The number of hydrogen-bond donors (Lipinski definition) is 1. The number of aliphatic hydroxyl groups is 1. The Balaban J connectivity index is 2.12. The van der Waals surface area contributed by atoms with Crippen molar-refractivity contribution >= 4 is 33.7 Å². The highest BCUT2D eigenvalue weighted by Gasteiger charge is 2.77. The average Bonchev–Trinajstić information content (AvgIpc) is 3.45. The van der Waals surface area contributed by atoms with E-state index in [2.05, 4.69) is 49.9 Å². The number of rotatable bonds is 14. The van der Waals surface area contributed by atoms with Gasteiger partial charge in [-0.2, -0.15) is 0 Å². The third-order valence-electron chi connectivity index (χ3n) is 8.65. The van der Waals surface area contributed by atoms with Crippen LogP contribution in [0.5, 0.6) is 0 Å². The first kappa shape index (κ1) is 33.8. The Morgan fingerprint density at radius 1 is 1.24 bits per heavy atom. The molecule has 0 aromatic rings. The van der Waals surface area contributed by atoms with Gasteiger partial charge in [0.15, 0.2) is 0 Å². The number of amides is 2. The van der Waals surface area contributed by atoms with Crippen LogP contribution < -0.4 is 0 Å². The fraction of sp³-hybridized carbons (Fsp3) is 0.781. The molecule has 3 rings (SSSR count). The fourth-order valence-corrected chi connectivity index (χ4v) is 8.57. The number of aliphatic hydroxyl groups excluding tert-OH is 1. The van der Waals surface area contributed by atoms with Crippen molar-refractivity contribution in [3.63, 3.8) is 0 Å². The second-order valence-electron chi connectivity index (χ2n) is 14.3. The molecule has 1 spiro atoms. The van der Waals surface area contributed by atoms with E-state index in [0.29, 0.717) is 32.2 Å². The Hall–Kier alpha value is -1.71. The van der Waals surface area contributed by atoms with E-state index in [0.717, 1.165) is 6.42 Å². The van der Waals surface area contributed by atoms with Crippen LogP contribution in [0.15, 0.2) is 25.3 Å². The van der Waals surface area contributed by atoms with Crippen molar-refractivity contribution in [2.24, 2.45) is 23.2 Å². The molecular weight excluding hydrogens is 588 g/mol. The molecule has 0 radical (unpaired) electrons. The molecule has 2 amide bonds. The Kier molecular flexibility index (Phi) is 10.6. The summed E-state index contributed by atoms with van der Waals surface area (Å²) in [4.78, 5) is 45.9. The van der Waals surface area contributed by atoms with E-state index in [1.165, 1.54) is 0 Å². The largest absolute Gasteiger partial charge is 0.465 e. The van der Waals surface area contributed by atoms with Crippen molar-refractivity contribution in [2.75, 3.05) is 19.8 Å². The van der Waals surface area contributed by atoms with Crippen molar-refractivity contribution in [1.29, 1.82) is 0 Å². The third kappa shape index (κ3) is 6.62. The normalized spacial score (nSPS) is 30.0. The lowest BCUT2D eigenvalue weighted by Gasteiger charge is -2.46. The van der Waals surface area contributed by atoms with Crippen LogP contribution >= 0.6 is 15.9 Å². The summed E-state index contributed by atoms with van der Waals surface area (Å²) in [5.74, 6) is -2.56. The molecule has 3 heterocycles. The summed E-state index contributed by atoms with van der Waals surface area (Å²) in [6, 6.07) is -1.58. The van der Waals surface area contributed by atoms with Crippen LogP contribution in [-0.4, -0.2) is 86.6 Å². The molecule has 1 N–H and O–H groups in total. The summed E-state index contributed by atoms with van der Waals surface area (Å²) in [6.07, 6.45) is 5.89. The van der Waals surface area contributed by atoms with Gasteiger partial charge in [-0.3, -0.25) is 14.4 Å². The number of esters is 1. The highest BCUT2D eigenvalue weighted by Crippen LogP contribution is 2.61. The topological polar surface area (TPSA) is 96.4 Å². The smallest absolute Gasteiger partial charge is 0.312 e. The minimum Gasteiger partial charge on any atom is -0.465 e. The van der Waals surface area contributed by atoms with Gasteiger partial charge in [0.25, 0.3) is 0 Å². The summed E-state index contributed by atoms with van der Waals surface area (Å²) >= 11 is 3.72. The van der Waals surface area contributed by atoms with Crippen LogP contribution in [0.25, 0.3) is 0 Å². The molecule has 0 aromatic heterocycles. The first-order chi connectivity index (χ1) is 19.1. The number of carbonyl (C=O) groups is 3. The molecule has 3 unspecified atom stereocenters. The Morgan fingerprint density at radius 2 is 1.90 bits per heavy atom. The number of allylic oxidation sites excluding steroid dienone is 1. The van der Waals surface area contributed by atoms with Gasteiger partial charge in [0, 0.05) is 16.9 Å². The maximum absolute atomic E-state index is 14.9. The number of hydrogen-bond acceptors (Lipinski definition) is 6. The zero-order valence-electron chi connectivity index (χ0n) is 26.0. The predicted octanol–water partition coefficient (Wildman–Crippen LogP) is 4.88. The predicted molar refractivity (Wildman–Crippen MR) is 163 cm³/mol. The molecule has 7 atom stereocenters. The number of halogens is 1. The molecule has 8 nitrogen and oxygen atoms in total. The lowest BCUT2D eigenvalue weighted by atomic mass is 9.70. The number of ether oxygens (including phenoxy) is 2. The summed E-state index contributed by atoms with van der Waals surface area (Å²) in [5, 5.41) is 10.5. The van der Waals surface area contributed by atoms with Crippen LogP contribution in [0.4, 0.5) is 0 Å². The van der Waals surface area contributed by atoms with Crippen LogP contribution in [0.1, 0.15) is 80.6 Å². The second-order valence-corrected chi connectivity index (χ2v) is 15.4. The lowest BCUT2D eigenvalue weighted by Crippen LogP contribution is -2.62. The van der Waals surface area contributed by atoms with Crippen LogP contribution in [-0.2, 0) is 23.9 Å². The monoisotopic (exact) mass is 638 g/mol. The summed E-state index contributed by atoms with van der Waals surface area (Å²) < 4.78 is 12.3. The Bertz CT molecular complexity index is 1010. The summed E-state index contributed by atoms with van der Waals surface area (Å²) in [7, 11) is 0. The molecule has 0 saturated carbocycles. The van der Waals surface area contributed by atoms with Gasteiger partial charge in [-0.05, 0) is 57.3 Å². The van der Waals surface area contributed by atoms with Gasteiger partial charge >= 0.3 is 5.97 Å². The zero-order chi connectivity index (χ0) is 30.9. The third-order valence-corrected chi connectivity index (χ3v) is 9.49. The van der Waals surface area contributed by atoms with E-state index < -0.39 is 47.1 Å². The fourth-order valence-electron chi connectivity index (χ4n) is 7.63. The van der Waals surface area contributed by atoms with Gasteiger partial charge in [0.2, 0.25) is 11.8 Å². The van der Waals surface area contributed by atoms with Crippen molar-refractivity contribution in [2.45, 2.75) is 115 Å². The van der Waals surface area contributed by atoms with Gasteiger partial charge in [0.05, 0.1) is 37.2 Å². The highest BCUT2D eigenvalue weighted by molar-refractivity contribution is 9.09. The van der Waals surface area contributed by atoms with E-state index in [9.17, 15) is 19.5 Å². The van der Waals surface area contributed by atoms with Gasteiger partial charge in [-0.25, -0.2) is 0 Å². The summed E-state index contributed by atoms with van der Waals surface area (Å²) in [5.41, 5.74) is -1.84. The minimum atomic E-state index is -1.21. The number of unbranched alkanes of at least 4 members (excludes halogenated alkanes) is 1. The number of alkyl halides is 1. The molecule has 9 heteroatoms. The van der Waals surface area contributed by atoms with Crippen molar-refractivity contribution < 1.29 is 29.0 Å². The van der Waals surface area contributed by atoms with Crippen LogP contribution in [0.2, 0.25) is 0 Å². The molecule has 232 valence electrons. The van der Waals surface area contributed by atoms with Crippen molar-refractivity contribution in [3.8, 4) is 0 Å². The first-order valence-electron chi connectivity index (χ1n) is 15.0. The SMILES string of the molecule is C=CCCCOC(=O)[C@H]1[C@@H]2OC3(CC2Br)C(C(=O)N(CC=C)C(C)(C)CC(C)(C)C)N([C@@H](CO)CC(C)C)C(=O)[C@H]13. The molecule has 3 saturated heterocycles. The number of nitrogens with zero attached hydrogens (tertiary/aromatic N) is 2. The average molecular weight is 640 g/mol. The van der Waals surface area contributed by atoms with Crippen LogP contribution in [0, 0.1) is 23.2 Å². The first-order valence-corrected chi connectivity index (χ1v) is 15.9. The maximum Gasteiger partial charge on any atom is 0.312 e. The van der Waals surface area contributed by atoms with Gasteiger partial charge < -0.3 is 24.4 Å². The number of fused-ring (bicyclic) bond motifs is 1. The van der Waals surface area contributed by atoms with Crippen molar-refractivity contribution in [1.82, 2.24) is 9.80 Å². The quantitative estimate of drug-likeness (QED) is 0.126. The molecule has 2 bridgehead atoms. The van der Waals surface area contributed by atoms with Gasteiger partial charge in [-0.1, -0.05) is 62.7 Å². The summed E-state index contributed by atoms with van der Waals surface area (Å²) in [6.45, 7) is 22.4. The minimum absolute atomic E-state index is 0.0653. The molecule has 0 aliphatic carbocycles. The lowest BCUT2D eigenvalue weighted by molar-refractivity contribution is -0.158. The van der Waals surface area contributed by atoms with E-state index >= 15 is 0 Å². The van der Waals surface area contributed by atoms with Gasteiger partial charge in [0.1, 0.15) is 11.6 Å². The highest BCUT2D eigenvalue weighted by atomic mass is 79.9. The molecule has 3 fully saturated rings. The van der Waals surface area contributed by atoms with E-state index in [1.54, 1.807) is 22.0 Å². The van der Waals surface area contributed by atoms with Crippen molar-refractivity contribution in [3.05, 3.63) is 25.3 Å². The van der Waals surface area contributed by atoms with E-state index in [4.69, 9.17) is 9.47 Å². The molecule has 3 aliphatic rings. The van der Waals surface area contributed by atoms with Gasteiger partial charge in [-0.15, -0.1) is 13.2 Å². The molecule has 3 aliphatic heterocycles.